The van der Waals surface area contributed by atoms with Gasteiger partial charge in [-0.25, -0.2) is 14.2 Å². The molecule has 0 spiro atoms. The highest BCUT2D eigenvalue weighted by molar-refractivity contribution is 5.91. The molecule has 0 radical (unpaired) electrons. The van der Waals surface area contributed by atoms with Gasteiger partial charge < -0.3 is 9.30 Å². The minimum Gasteiger partial charge on any atom is -0.464 e. The minimum absolute atomic E-state index is 0.0307. The van der Waals surface area contributed by atoms with E-state index >= 15 is 0 Å². The number of nitrogens with one attached hydrogen (secondary N) is 1. The fraction of sp³-hybridized carbons (Fsp3) is 0.0556. The number of ether oxygens (including phenoxy) is 1. The number of benzene rings is 1. The highest BCUT2D eigenvalue weighted by atomic mass is 19.1. The van der Waals surface area contributed by atoms with E-state index in [4.69, 9.17) is 4.74 Å². The first-order valence-electron chi connectivity index (χ1n) is 7.95. The molecule has 2 heterocycles. The monoisotopic (exact) mass is 383 g/mol. The van der Waals surface area contributed by atoms with Gasteiger partial charge in [0.05, 0.1) is 23.9 Å². The second kappa shape index (κ2) is 8.08. The van der Waals surface area contributed by atoms with Crippen LogP contribution < -0.4 is 5.43 Å². The number of carbonyl (C=O) groups excluding carboxylic acids is 1. The standard InChI is InChI=1S/C18H14FN5O4/c1-28-18(25)16-9-8-14(23(16)13-6-4-12(19)5-7-13)11-21-22-17-15(24(26)27)3-2-10-20-17/h2-11H,1H3,(H,20,22)/b21-11+. The van der Waals surface area contributed by atoms with Gasteiger partial charge in [-0.3, -0.25) is 15.5 Å². The number of halogens is 1. The lowest BCUT2D eigenvalue weighted by molar-refractivity contribution is -0.384. The molecule has 0 bridgehead atoms. The van der Waals surface area contributed by atoms with Crippen LogP contribution in [0.15, 0.2) is 59.8 Å². The molecule has 0 unspecified atom stereocenters. The van der Waals surface area contributed by atoms with Crippen LogP contribution in [0, 0.1) is 15.9 Å². The Bertz CT molecular complexity index is 1050. The van der Waals surface area contributed by atoms with Crippen LogP contribution in [-0.4, -0.2) is 33.8 Å². The number of nitro groups is 1. The molecule has 1 aromatic carbocycles. The van der Waals surface area contributed by atoms with Crippen molar-refractivity contribution in [3.63, 3.8) is 0 Å². The predicted molar refractivity (Wildman–Crippen MR) is 99.2 cm³/mol. The van der Waals surface area contributed by atoms with Crippen LogP contribution in [0.1, 0.15) is 16.2 Å². The zero-order valence-corrected chi connectivity index (χ0v) is 14.6. The average molecular weight is 383 g/mol. The van der Waals surface area contributed by atoms with Gasteiger partial charge in [-0.05, 0) is 42.5 Å². The number of hydrogen-bond acceptors (Lipinski definition) is 7. The molecule has 0 amide bonds. The lowest BCUT2D eigenvalue weighted by Gasteiger charge is -2.10. The van der Waals surface area contributed by atoms with Crippen LogP contribution in [0.5, 0.6) is 0 Å². The number of methoxy groups -OCH3 is 1. The quantitative estimate of drug-likeness (QED) is 0.303. The van der Waals surface area contributed by atoms with Crippen molar-refractivity contribution in [2.24, 2.45) is 5.10 Å². The first-order valence-corrected chi connectivity index (χ1v) is 7.95. The maximum Gasteiger partial charge on any atom is 0.355 e. The summed E-state index contributed by atoms with van der Waals surface area (Å²) >= 11 is 0. The van der Waals surface area contributed by atoms with Crippen LogP contribution >= 0.6 is 0 Å². The molecule has 0 fully saturated rings. The summed E-state index contributed by atoms with van der Waals surface area (Å²) in [6.07, 6.45) is 2.75. The van der Waals surface area contributed by atoms with E-state index in [1.54, 1.807) is 6.07 Å². The highest BCUT2D eigenvalue weighted by Gasteiger charge is 2.17. The molecule has 28 heavy (non-hydrogen) atoms. The van der Waals surface area contributed by atoms with Gasteiger partial charge in [-0.2, -0.15) is 5.10 Å². The number of esters is 1. The summed E-state index contributed by atoms with van der Waals surface area (Å²) < 4.78 is 19.5. The largest absolute Gasteiger partial charge is 0.464 e. The maximum absolute atomic E-state index is 13.2. The van der Waals surface area contributed by atoms with Gasteiger partial charge in [0, 0.05) is 18.0 Å². The Morgan fingerprint density at radius 3 is 2.71 bits per heavy atom. The van der Waals surface area contributed by atoms with Gasteiger partial charge in [-0.1, -0.05) is 0 Å². The highest BCUT2D eigenvalue weighted by Crippen LogP contribution is 2.21. The molecule has 2 aromatic heterocycles. The number of hydrogen-bond donors (Lipinski definition) is 1. The molecule has 0 atom stereocenters. The third kappa shape index (κ3) is 3.85. The van der Waals surface area contributed by atoms with E-state index in [1.165, 1.54) is 66.6 Å². The molecule has 9 nitrogen and oxygen atoms in total. The Morgan fingerprint density at radius 1 is 1.29 bits per heavy atom. The molecule has 0 aliphatic rings. The zero-order valence-electron chi connectivity index (χ0n) is 14.6. The van der Waals surface area contributed by atoms with E-state index in [0.717, 1.165) is 0 Å². The Labute approximate surface area is 158 Å². The summed E-state index contributed by atoms with van der Waals surface area (Å²) in [4.78, 5) is 26.4. The second-order valence-electron chi connectivity index (χ2n) is 5.45. The van der Waals surface area contributed by atoms with Crippen molar-refractivity contribution in [1.82, 2.24) is 9.55 Å². The van der Waals surface area contributed by atoms with Crippen molar-refractivity contribution in [2.45, 2.75) is 0 Å². The topological polar surface area (TPSA) is 112 Å². The molecule has 0 saturated heterocycles. The summed E-state index contributed by atoms with van der Waals surface area (Å²) in [6, 6.07) is 11.4. The molecule has 0 aliphatic carbocycles. The summed E-state index contributed by atoms with van der Waals surface area (Å²) in [5.41, 5.74) is 3.45. The van der Waals surface area contributed by atoms with Gasteiger partial charge in [0.2, 0.25) is 5.82 Å². The Morgan fingerprint density at radius 2 is 2.04 bits per heavy atom. The molecule has 1 N–H and O–H groups in total. The van der Waals surface area contributed by atoms with Crippen molar-refractivity contribution in [1.29, 1.82) is 0 Å². The van der Waals surface area contributed by atoms with Gasteiger partial charge in [0.1, 0.15) is 11.5 Å². The van der Waals surface area contributed by atoms with Crippen molar-refractivity contribution in [2.75, 3.05) is 12.5 Å². The molecule has 0 aliphatic heterocycles. The van der Waals surface area contributed by atoms with Gasteiger partial charge >= 0.3 is 11.7 Å². The number of anilines is 1. The summed E-state index contributed by atoms with van der Waals surface area (Å²) in [5, 5.41) is 15.0. The first kappa shape index (κ1) is 18.7. The van der Waals surface area contributed by atoms with Crippen LogP contribution in [0.25, 0.3) is 5.69 Å². The molecule has 10 heteroatoms. The molecule has 3 rings (SSSR count). The van der Waals surface area contributed by atoms with Crippen molar-refractivity contribution in [3.05, 3.63) is 82.0 Å². The molecular weight excluding hydrogens is 369 g/mol. The van der Waals surface area contributed by atoms with Crippen LogP contribution in [0.3, 0.4) is 0 Å². The lowest BCUT2D eigenvalue weighted by atomic mass is 10.3. The van der Waals surface area contributed by atoms with Gasteiger partial charge in [0.15, 0.2) is 0 Å². The summed E-state index contributed by atoms with van der Waals surface area (Å²) in [6.45, 7) is 0. The van der Waals surface area contributed by atoms with Crippen molar-refractivity contribution >= 4 is 23.7 Å². The van der Waals surface area contributed by atoms with Gasteiger partial charge in [-0.15, -0.1) is 0 Å². The number of pyridine rings is 1. The van der Waals surface area contributed by atoms with E-state index in [2.05, 4.69) is 15.5 Å². The van der Waals surface area contributed by atoms with Crippen molar-refractivity contribution in [3.8, 4) is 5.69 Å². The van der Waals surface area contributed by atoms with E-state index in [9.17, 15) is 19.3 Å². The number of nitrogens with zero attached hydrogens (tertiary/aromatic N) is 4. The fourth-order valence-corrected chi connectivity index (χ4v) is 2.49. The number of hydrazone groups is 1. The Balaban J connectivity index is 1.95. The normalized spacial score (nSPS) is 10.8. The lowest BCUT2D eigenvalue weighted by Crippen LogP contribution is -2.11. The third-order valence-electron chi connectivity index (χ3n) is 3.74. The van der Waals surface area contributed by atoms with E-state index in [-0.39, 0.29) is 17.2 Å². The summed E-state index contributed by atoms with van der Waals surface area (Å²) in [5.74, 6) is -1.04. The van der Waals surface area contributed by atoms with E-state index in [0.29, 0.717) is 11.4 Å². The number of aromatic nitrogens is 2. The molecule has 142 valence electrons. The second-order valence-corrected chi connectivity index (χ2v) is 5.45. The third-order valence-corrected chi connectivity index (χ3v) is 3.74. The molecule has 3 aromatic rings. The SMILES string of the molecule is COC(=O)c1ccc(/C=N/Nc2ncccc2[N+](=O)[O-])n1-c1ccc(F)cc1. The molecular formula is C18H14FN5O4. The predicted octanol–water partition coefficient (Wildman–Crippen LogP) is 3.15. The number of carbonyl (C=O) groups is 1. The smallest absolute Gasteiger partial charge is 0.355 e. The average Bonchev–Trinajstić information content (AvgIpc) is 3.12. The first-order chi connectivity index (χ1) is 13.5. The van der Waals surface area contributed by atoms with E-state index in [1.807, 2.05) is 0 Å². The summed E-state index contributed by atoms with van der Waals surface area (Å²) in [7, 11) is 1.25. The maximum atomic E-state index is 13.2. The minimum atomic E-state index is -0.586. The van der Waals surface area contributed by atoms with Crippen LogP contribution in [-0.2, 0) is 4.74 Å². The van der Waals surface area contributed by atoms with Gasteiger partial charge in [0.25, 0.3) is 0 Å². The fourth-order valence-electron chi connectivity index (χ4n) is 2.49. The Hall–Kier alpha value is -4.08. The van der Waals surface area contributed by atoms with Crippen LogP contribution in [0.4, 0.5) is 15.9 Å². The zero-order chi connectivity index (χ0) is 20.1. The number of rotatable bonds is 6. The Kier molecular flexibility index (Phi) is 5.40. The van der Waals surface area contributed by atoms with Crippen LogP contribution in [0.2, 0.25) is 0 Å². The van der Waals surface area contributed by atoms with E-state index < -0.39 is 16.7 Å². The molecule has 0 saturated carbocycles. The van der Waals surface area contributed by atoms with Crippen molar-refractivity contribution < 1.29 is 18.8 Å².